The molecule has 2 aromatic rings. The first-order valence-corrected chi connectivity index (χ1v) is 18.7. The number of Topliss-reactive ketones (excluding diaryl/α,β-unsaturated/α-hetero) is 1. The Labute approximate surface area is 224 Å². The van der Waals surface area contributed by atoms with Crippen molar-refractivity contribution in [1.29, 1.82) is 0 Å². The van der Waals surface area contributed by atoms with Crippen LogP contribution in [0.1, 0.15) is 52.9 Å². The van der Waals surface area contributed by atoms with Gasteiger partial charge in [0, 0.05) is 19.6 Å². The molecule has 0 amide bonds. The summed E-state index contributed by atoms with van der Waals surface area (Å²) in [5, 5.41) is 2.55. The minimum Gasteiger partial charge on any atom is -0.407 e. The van der Waals surface area contributed by atoms with Gasteiger partial charge in [0.2, 0.25) is 0 Å². The fourth-order valence-electron chi connectivity index (χ4n) is 6.92. The Morgan fingerprint density at radius 1 is 0.973 bits per heavy atom. The summed E-state index contributed by atoms with van der Waals surface area (Å²) < 4.78 is 19.8. The first kappa shape index (κ1) is 26.8. The highest BCUT2D eigenvalue weighted by Crippen LogP contribution is 2.47. The van der Waals surface area contributed by atoms with E-state index < -0.39 is 16.9 Å². The normalized spacial score (nSPS) is 25.6. The molecule has 1 aliphatic heterocycles. The number of benzene rings is 2. The van der Waals surface area contributed by atoms with Gasteiger partial charge in [-0.15, -0.1) is 0 Å². The van der Waals surface area contributed by atoms with Crippen molar-refractivity contribution in [2.45, 2.75) is 77.1 Å². The third-order valence-corrected chi connectivity index (χ3v) is 15.2. The van der Waals surface area contributed by atoms with Crippen LogP contribution in [0.3, 0.4) is 0 Å². The van der Waals surface area contributed by atoms with E-state index in [0.717, 1.165) is 37.9 Å². The van der Waals surface area contributed by atoms with E-state index in [1.165, 1.54) is 15.9 Å². The summed E-state index contributed by atoms with van der Waals surface area (Å²) in [5.41, 5.74) is 2.34. The maximum Gasteiger partial charge on any atom is 0.332 e. The van der Waals surface area contributed by atoms with Gasteiger partial charge in [0.25, 0.3) is 8.32 Å². The first-order chi connectivity index (χ1) is 17.6. The zero-order valence-corrected chi connectivity index (χ0v) is 25.1. The van der Waals surface area contributed by atoms with Gasteiger partial charge in [-0.25, -0.2) is 0 Å². The Bertz CT molecular complexity index is 1100. The lowest BCUT2D eigenvalue weighted by molar-refractivity contribution is -0.115. The molecule has 2 aromatic carbocycles. The van der Waals surface area contributed by atoms with Gasteiger partial charge in [0.1, 0.15) is 0 Å². The van der Waals surface area contributed by atoms with Gasteiger partial charge in [-0.3, -0.25) is 4.79 Å². The molecule has 3 aliphatic rings. The molecule has 1 heterocycles. The van der Waals surface area contributed by atoms with Crippen LogP contribution in [0.4, 0.5) is 0 Å². The van der Waals surface area contributed by atoms with Crippen LogP contribution in [0.5, 0.6) is 0 Å². The summed E-state index contributed by atoms with van der Waals surface area (Å²) in [6, 6.07) is 21.6. The lowest BCUT2D eigenvalue weighted by atomic mass is 9.77. The fraction of sp³-hybridized carbons (Fsp3) is 0.516. The lowest BCUT2D eigenvalue weighted by Gasteiger charge is -2.43. The van der Waals surface area contributed by atoms with Gasteiger partial charge in [0.05, 0.1) is 6.10 Å². The molecule has 3 atom stereocenters. The van der Waals surface area contributed by atoms with Crippen LogP contribution in [-0.4, -0.2) is 42.0 Å². The molecule has 198 valence electrons. The lowest BCUT2D eigenvalue weighted by Crippen LogP contribution is -2.66. The third kappa shape index (κ3) is 5.24. The molecule has 2 aliphatic carbocycles. The van der Waals surface area contributed by atoms with Crippen LogP contribution in [0.15, 0.2) is 71.8 Å². The number of carbonyl (C=O) groups is 1. The molecule has 5 rings (SSSR count). The third-order valence-electron chi connectivity index (χ3n) is 8.47. The van der Waals surface area contributed by atoms with E-state index in [1.807, 2.05) is 0 Å². The Morgan fingerprint density at radius 2 is 1.59 bits per heavy atom. The number of fused-ring (bicyclic) bond motifs is 4. The Hall–Kier alpha value is -1.84. The van der Waals surface area contributed by atoms with Gasteiger partial charge < -0.3 is 13.3 Å². The van der Waals surface area contributed by atoms with Crippen LogP contribution in [0.25, 0.3) is 0 Å². The standard InChI is InChI=1S/C31H42O4Si2/c1-31(2,3)37(25-13-8-6-9-14-25,26-15-10-7-11-16-26)33-18-12-17-27-28(32)21-24-19-23-20-29(30(24)27)35-36(4,5)34-22-23/h6-11,13-16,23-24,29H,12,17-22H2,1-5H3/t23-,24+,29-/m1/s1. The molecule has 0 N–H and O–H groups in total. The number of carbonyl (C=O) groups excluding carboxylic acids is 1. The zero-order chi connectivity index (χ0) is 26.3. The molecule has 0 aromatic heterocycles. The maximum absolute atomic E-state index is 13.2. The Kier molecular flexibility index (Phi) is 7.51. The predicted molar refractivity (Wildman–Crippen MR) is 154 cm³/mol. The Morgan fingerprint density at radius 3 is 2.19 bits per heavy atom. The quantitative estimate of drug-likeness (QED) is 0.335. The Balaban J connectivity index is 1.38. The predicted octanol–water partition coefficient (Wildman–Crippen LogP) is 5.76. The molecule has 4 nitrogen and oxygen atoms in total. The average Bonchev–Trinajstić information content (AvgIpc) is 3.11. The minimum absolute atomic E-state index is 0.0470. The number of ketones is 1. The van der Waals surface area contributed by atoms with Crippen LogP contribution in [0, 0.1) is 11.8 Å². The second-order valence-electron chi connectivity index (χ2n) is 12.5. The maximum atomic E-state index is 13.2. The molecule has 6 heteroatoms. The number of hydrogen-bond donors (Lipinski definition) is 0. The second kappa shape index (κ2) is 10.4. The summed E-state index contributed by atoms with van der Waals surface area (Å²) in [6.07, 6.45) is 4.39. The molecule has 0 unspecified atom stereocenters. The highest BCUT2D eigenvalue weighted by molar-refractivity contribution is 6.99. The van der Waals surface area contributed by atoms with Gasteiger partial charge in [-0.2, -0.15) is 0 Å². The molecule has 2 bridgehead atoms. The summed E-state index contributed by atoms with van der Waals surface area (Å²) >= 11 is 0. The van der Waals surface area contributed by atoms with Crippen LogP contribution in [-0.2, 0) is 18.1 Å². The smallest absolute Gasteiger partial charge is 0.332 e. The van der Waals surface area contributed by atoms with E-state index in [2.05, 4.69) is 94.5 Å². The molecule has 2 fully saturated rings. The van der Waals surface area contributed by atoms with Gasteiger partial charge in [-0.1, -0.05) is 81.4 Å². The van der Waals surface area contributed by atoms with Crippen molar-refractivity contribution < 1.29 is 18.1 Å². The van der Waals surface area contributed by atoms with E-state index >= 15 is 0 Å². The number of allylic oxidation sites excluding steroid dienone is 1. The minimum atomic E-state index is -2.56. The average molecular weight is 535 g/mol. The van der Waals surface area contributed by atoms with Crippen molar-refractivity contribution in [2.75, 3.05) is 13.2 Å². The highest BCUT2D eigenvalue weighted by atomic mass is 28.4. The molecule has 0 radical (unpaired) electrons. The number of rotatable bonds is 7. The molecule has 0 spiro atoms. The topological polar surface area (TPSA) is 44.8 Å². The van der Waals surface area contributed by atoms with E-state index in [9.17, 15) is 4.79 Å². The molecular weight excluding hydrogens is 493 g/mol. The summed E-state index contributed by atoms with van der Waals surface area (Å²) in [7, 11) is -4.72. The van der Waals surface area contributed by atoms with Crippen molar-refractivity contribution in [3.8, 4) is 0 Å². The van der Waals surface area contributed by atoms with E-state index in [0.29, 0.717) is 30.6 Å². The van der Waals surface area contributed by atoms with Crippen LogP contribution in [0.2, 0.25) is 18.1 Å². The van der Waals surface area contributed by atoms with Crippen molar-refractivity contribution >= 4 is 33.0 Å². The summed E-state index contributed by atoms with van der Waals surface area (Å²) in [5.74, 6) is 1.19. The first-order valence-electron chi connectivity index (χ1n) is 13.9. The highest BCUT2D eigenvalue weighted by Gasteiger charge is 2.50. The van der Waals surface area contributed by atoms with Crippen molar-refractivity contribution in [3.05, 3.63) is 71.8 Å². The second-order valence-corrected chi connectivity index (χ2v) is 20.2. The molecule has 1 saturated heterocycles. The summed E-state index contributed by atoms with van der Waals surface area (Å²) in [4.78, 5) is 13.2. The van der Waals surface area contributed by atoms with Gasteiger partial charge >= 0.3 is 8.56 Å². The van der Waals surface area contributed by atoms with Crippen molar-refractivity contribution in [2.24, 2.45) is 11.8 Å². The van der Waals surface area contributed by atoms with Crippen molar-refractivity contribution in [1.82, 2.24) is 0 Å². The fourth-order valence-corrected chi connectivity index (χ4v) is 13.1. The van der Waals surface area contributed by atoms with Gasteiger partial charge in [-0.05, 0) is 77.2 Å². The number of hydrogen-bond acceptors (Lipinski definition) is 4. The molecule has 1 saturated carbocycles. The van der Waals surface area contributed by atoms with Crippen LogP contribution < -0.4 is 10.4 Å². The van der Waals surface area contributed by atoms with E-state index in [4.69, 9.17) is 13.3 Å². The monoisotopic (exact) mass is 534 g/mol. The van der Waals surface area contributed by atoms with Gasteiger partial charge in [0.15, 0.2) is 5.78 Å². The largest absolute Gasteiger partial charge is 0.407 e. The van der Waals surface area contributed by atoms with Crippen LogP contribution >= 0.6 is 0 Å². The SMILES string of the molecule is CC(C)(C)[Si](OCCCC1=C2[C@H](CC1=O)C[C@H]1CO[Si](C)(C)O[C@@H]2C1)(c1ccccc1)c1ccccc1. The van der Waals surface area contributed by atoms with E-state index in [-0.39, 0.29) is 11.1 Å². The zero-order valence-electron chi connectivity index (χ0n) is 23.1. The summed E-state index contributed by atoms with van der Waals surface area (Å²) in [6.45, 7) is 12.6. The molecule has 37 heavy (non-hydrogen) atoms. The van der Waals surface area contributed by atoms with Crippen molar-refractivity contribution in [3.63, 3.8) is 0 Å². The van der Waals surface area contributed by atoms with E-state index in [1.54, 1.807) is 0 Å². The molecular formula is C31H42O4Si2.